The lowest BCUT2D eigenvalue weighted by atomic mass is 9.44. The number of piperazine rings is 1. The van der Waals surface area contributed by atoms with Crippen molar-refractivity contribution in [1.29, 1.82) is 5.26 Å². The predicted octanol–water partition coefficient (Wildman–Crippen LogP) is 9.01. The van der Waals surface area contributed by atoms with E-state index in [1.807, 2.05) is 52.3 Å². The van der Waals surface area contributed by atoms with Crippen LogP contribution in [0.5, 0.6) is 5.75 Å². The van der Waals surface area contributed by atoms with Crippen molar-refractivity contribution in [3.05, 3.63) is 106 Å². The van der Waals surface area contributed by atoms with Gasteiger partial charge in [0, 0.05) is 91.5 Å². The number of nitrogens with zero attached hydrogens (tertiary/aromatic N) is 6. The molecule has 4 heterocycles. The third kappa shape index (κ3) is 11.8. The molecule has 2 aromatic heterocycles. The molecule has 2 aliphatic heterocycles. The highest BCUT2D eigenvalue weighted by molar-refractivity contribution is 7.13. The number of carbonyl (C=O) groups is 3. The Hall–Kier alpha value is -5.37. The van der Waals surface area contributed by atoms with Crippen molar-refractivity contribution in [1.82, 2.24) is 30.4 Å². The summed E-state index contributed by atoms with van der Waals surface area (Å²) < 4.78 is 12.4. The number of aliphatic hydroxyl groups is 1. The van der Waals surface area contributed by atoms with Gasteiger partial charge in [0.1, 0.15) is 36.4 Å². The number of hydrogen-bond acceptors (Lipinski definition) is 13. The molecule has 1 unspecified atom stereocenters. The van der Waals surface area contributed by atoms with Crippen LogP contribution < -0.4 is 20.3 Å². The minimum atomic E-state index is -0.859. The Morgan fingerprint density at radius 2 is 1.68 bits per heavy atom. The maximum atomic E-state index is 14.3. The van der Waals surface area contributed by atoms with Gasteiger partial charge in [0.2, 0.25) is 11.8 Å². The molecule has 14 nitrogen and oxygen atoms in total. The van der Waals surface area contributed by atoms with Gasteiger partial charge in [0.25, 0.3) is 0 Å². The van der Waals surface area contributed by atoms with Crippen molar-refractivity contribution in [2.75, 3.05) is 44.3 Å². The topological polar surface area (TPSA) is 173 Å². The molecule has 0 bridgehead atoms. The van der Waals surface area contributed by atoms with Crippen LogP contribution in [0.2, 0.25) is 5.02 Å². The smallest absolute Gasteiger partial charge is 0.246 e. The first kappa shape index (κ1) is 54.4. The van der Waals surface area contributed by atoms with Crippen molar-refractivity contribution in [3.8, 4) is 22.3 Å². The lowest BCUT2D eigenvalue weighted by molar-refractivity contribution is -0.196. The van der Waals surface area contributed by atoms with Crippen LogP contribution >= 0.6 is 22.9 Å². The SMILES string of the molecule is C=C(N[C@@H](C)c1ccc(-c2scnc2C)cc1)C1C[C@@H](O)CN1C(=O)[C@@H](NC(=O)COCCN1C[C@@H](C)N(c2ccc(C(=O)CC3C(C)(C)C(Oc4ccc(C#N)c(Cl)c4)C3(C)C)cn2)[C@@H](C)C1)C(C)(C)C. The molecule has 1 aliphatic carbocycles. The Balaban J connectivity index is 0.860. The average molecular weight is 1020 g/mol. The molecule has 2 aromatic carbocycles. The normalized spacial score (nSPS) is 23.6. The zero-order valence-electron chi connectivity index (χ0n) is 43.8. The van der Waals surface area contributed by atoms with Gasteiger partial charge in [-0.15, -0.1) is 11.3 Å². The van der Waals surface area contributed by atoms with Gasteiger partial charge in [-0.2, -0.15) is 5.26 Å². The zero-order chi connectivity index (χ0) is 52.4. The Bertz CT molecular complexity index is 2610. The number of rotatable bonds is 18. The minimum Gasteiger partial charge on any atom is -0.489 e. The van der Waals surface area contributed by atoms with E-state index in [-0.39, 0.29) is 71.7 Å². The number of pyridine rings is 1. The fourth-order valence-electron chi connectivity index (χ4n) is 11.6. The third-order valence-electron chi connectivity index (χ3n) is 15.2. The van der Waals surface area contributed by atoms with E-state index < -0.39 is 23.6 Å². The maximum Gasteiger partial charge on any atom is 0.246 e. The molecule has 3 fully saturated rings. The van der Waals surface area contributed by atoms with Crippen molar-refractivity contribution >= 4 is 46.4 Å². The number of benzene rings is 2. The lowest BCUT2D eigenvalue weighted by Crippen LogP contribution is -2.66. The van der Waals surface area contributed by atoms with Crippen molar-refractivity contribution < 1.29 is 29.0 Å². The first-order valence-corrected chi connectivity index (χ1v) is 26.3. The van der Waals surface area contributed by atoms with Crippen LogP contribution in [0.4, 0.5) is 5.82 Å². The van der Waals surface area contributed by atoms with E-state index in [1.54, 1.807) is 40.6 Å². The first-order valence-electron chi connectivity index (χ1n) is 25.1. The second-order valence-electron chi connectivity index (χ2n) is 22.4. The van der Waals surface area contributed by atoms with Gasteiger partial charge in [0.05, 0.1) is 45.4 Å². The molecule has 3 N–H and O–H groups in total. The summed E-state index contributed by atoms with van der Waals surface area (Å²) in [5, 5.41) is 26.9. The number of anilines is 1. The summed E-state index contributed by atoms with van der Waals surface area (Å²) >= 11 is 7.90. The number of aliphatic hydroxyl groups excluding tert-OH is 1. The molecule has 3 aliphatic rings. The summed E-state index contributed by atoms with van der Waals surface area (Å²) in [7, 11) is 0. The number of Topliss-reactive ketones (excluding diaryl/α,β-unsaturated/α-hetero) is 1. The number of ether oxygens (including phenoxy) is 2. The Morgan fingerprint density at radius 1 is 1.00 bits per heavy atom. The van der Waals surface area contributed by atoms with Gasteiger partial charge >= 0.3 is 0 Å². The highest BCUT2D eigenvalue weighted by Crippen LogP contribution is 2.62. The van der Waals surface area contributed by atoms with E-state index in [0.717, 1.165) is 40.6 Å². The molecular weight excluding hydrogens is 948 g/mol. The number of β-amino-alcohol motifs (C(OH)–C–C–N with tert-alkyl or cyclic N) is 1. The number of aromatic nitrogens is 2. The number of aryl methyl sites for hydroxylation is 1. The molecule has 2 amide bonds. The summed E-state index contributed by atoms with van der Waals surface area (Å²) in [6, 6.07) is 18.2. The molecular formula is C56H73ClN8O6S. The van der Waals surface area contributed by atoms with Crippen LogP contribution in [0.15, 0.2) is 78.6 Å². The molecule has 0 spiro atoms. The monoisotopic (exact) mass is 1020 g/mol. The second kappa shape index (κ2) is 22.0. The van der Waals surface area contributed by atoms with Crippen molar-refractivity contribution in [2.45, 2.75) is 131 Å². The molecule has 72 heavy (non-hydrogen) atoms. The highest BCUT2D eigenvalue weighted by Gasteiger charge is 2.63. The van der Waals surface area contributed by atoms with E-state index in [2.05, 4.69) is 104 Å². The van der Waals surface area contributed by atoms with Crippen molar-refractivity contribution in [2.24, 2.45) is 22.2 Å². The molecule has 16 heteroatoms. The fraction of sp³-hybridized carbons (Fsp3) is 0.536. The second-order valence-corrected chi connectivity index (χ2v) is 23.7. The Labute approximate surface area is 435 Å². The number of carbonyl (C=O) groups excluding carboxylic acids is 3. The number of amides is 2. The number of nitriles is 1. The standard InChI is InChI=1S/C56H73ClN8O6S/c1-33-28-63(29-34(2)65(33)48-20-18-41(27-59-48)46(67)25-47-55(9,10)53(56(47,11)12)71-43-19-17-40(26-58)44(57)24-43)21-22-70-31-49(68)62-51(54(6,7)8)52(69)64-30-42(66)23-45(64)36(4)61-35(3)38-13-15-39(16-14-38)50-37(5)60-32-72-50/h13-20,24,27,32-35,42,45,47,51,53,61,66H,4,21-23,25,28-31H2,1-3,5-12H3,(H,62,68)/t33-,34+,35-,42+,45?,47?,51+,53?/m0/s1. The van der Waals surface area contributed by atoms with Gasteiger partial charge in [0.15, 0.2) is 5.78 Å². The Morgan fingerprint density at radius 3 is 2.26 bits per heavy atom. The van der Waals surface area contributed by atoms with Crippen LogP contribution in [0.25, 0.3) is 10.4 Å². The van der Waals surface area contributed by atoms with E-state index >= 15 is 0 Å². The molecule has 386 valence electrons. The maximum absolute atomic E-state index is 14.3. The molecule has 1 saturated carbocycles. The average Bonchev–Trinajstić information content (AvgIpc) is 3.94. The van der Waals surface area contributed by atoms with Gasteiger partial charge in [-0.05, 0) is 74.4 Å². The fourth-order valence-corrected chi connectivity index (χ4v) is 12.6. The Kier molecular flexibility index (Phi) is 16.6. The van der Waals surface area contributed by atoms with Crippen LogP contribution in [0.1, 0.15) is 115 Å². The first-order chi connectivity index (χ1) is 33.9. The van der Waals surface area contributed by atoms with Crippen LogP contribution in [-0.2, 0) is 14.3 Å². The van der Waals surface area contributed by atoms with E-state index in [0.29, 0.717) is 53.6 Å². The molecule has 4 aromatic rings. The van der Waals surface area contributed by atoms with Gasteiger partial charge in [-0.25, -0.2) is 9.97 Å². The van der Waals surface area contributed by atoms with E-state index in [9.17, 15) is 24.8 Å². The largest absolute Gasteiger partial charge is 0.489 e. The number of thiazole rings is 1. The molecule has 0 radical (unpaired) electrons. The molecule has 2 saturated heterocycles. The highest BCUT2D eigenvalue weighted by atomic mass is 35.5. The third-order valence-corrected chi connectivity index (χ3v) is 16.5. The van der Waals surface area contributed by atoms with Gasteiger partial charge in [-0.3, -0.25) is 19.3 Å². The number of ketones is 1. The lowest BCUT2D eigenvalue weighted by Gasteiger charge is -2.63. The minimum absolute atomic E-state index is 0.0432. The number of hydrogen-bond donors (Lipinski definition) is 3. The van der Waals surface area contributed by atoms with Gasteiger partial charge in [-0.1, -0.05) is 90.9 Å². The number of likely N-dealkylation sites (tertiary alicyclic amines) is 1. The summed E-state index contributed by atoms with van der Waals surface area (Å²) in [5.41, 5.74) is 5.42. The molecule has 7 rings (SSSR count). The van der Waals surface area contributed by atoms with Gasteiger partial charge < -0.3 is 35.0 Å². The molecule has 6 atom stereocenters. The summed E-state index contributed by atoms with van der Waals surface area (Å²) in [6.07, 6.45) is 1.52. The summed E-state index contributed by atoms with van der Waals surface area (Å²) in [6.45, 7) is 29.4. The van der Waals surface area contributed by atoms with Crippen LogP contribution in [-0.4, -0.2) is 118 Å². The van der Waals surface area contributed by atoms with E-state index in [1.165, 1.54) is 0 Å². The number of nitrogens with one attached hydrogen (secondary N) is 2. The quantitative estimate of drug-likeness (QED) is 0.0639. The predicted molar refractivity (Wildman–Crippen MR) is 284 cm³/mol. The zero-order valence-corrected chi connectivity index (χ0v) is 45.4. The van der Waals surface area contributed by atoms with Crippen LogP contribution in [0.3, 0.4) is 0 Å². The number of halogens is 1. The summed E-state index contributed by atoms with van der Waals surface area (Å²) in [5.74, 6) is 0.869. The van der Waals surface area contributed by atoms with Crippen LogP contribution in [0, 0.1) is 40.4 Å². The summed E-state index contributed by atoms with van der Waals surface area (Å²) in [4.78, 5) is 58.0. The van der Waals surface area contributed by atoms with E-state index in [4.69, 9.17) is 26.1 Å². The van der Waals surface area contributed by atoms with Crippen molar-refractivity contribution in [3.63, 3.8) is 0 Å².